The summed E-state index contributed by atoms with van der Waals surface area (Å²) in [5, 5.41) is 31.0. The van der Waals surface area contributed by atoms with Gasteiger partial charge in [0.05, 0.1) is 26.4 Å². The van der Waals surface area contributed by atoms with Gasteiger partial charge in [-0.1, -0.05) is 6.07 Å². The molecule has 1 spiro atoms. The molecular weight excluding hydrogens is 386 g/mol. The van der Waals surface area contributed by atoms with E-state index in [1.165, 1.54) is 0 Å². The Morgan fingerprint density at radius 2 is 1.83 bits per heavy atom. The molecule has 7 nitrogen and oxygen atoms in total. The van der Waals surface area contributed by atoms with Crippen LogP contribution in [0, 0.1) is 0 Å². The van der Waals surface area contributed by atoms with Crippen molar-refractivity contribution >= 4 is 0 Å². The summed E-state index contributed by atoms with van der Waals surface area (Å²) >= 11 is 0. The van der Waals surface area contributed by atoms with E-state index in [9.17, 15) is 15.3 Å². The van der Waals surface area contributed by atoms with E-state index in [0.29, 0.717) is 35.8 Å². The molecule has 0 radical (unpaired) electrons. The number of aromatic hydroxyl groups is 1. The van der Waals surface area contributed by atoms with Crippen molar-refractivity contribution in [2.24, 2.45) is 0 Å². The molecule has 0 bridgehead atoms. The summed E-state index contributed by atoms with van der Waals surface area (Å²) in [6, 6.07) is 10.3. The summed E-state index contributed by atoms with van der Waals surface area (Å²) < 4.78 is 16.9. The minimum atomic E-state index is -0.648. The van der Waals surface area contributed by atoms with Crippen molar-refractivity contribution in [1.82, 2.24) is 4.90 Å². The number of aliphatic hydroxyl groups excluding tert-OH is 2. The number of likely N-dealkylation sites (tertiary alicyclic amines) is 1. The van der Waals surface area contributed by atoms with Crippen LogP contribution in [0.3, 0.4) is 0 Å². The first-order valence-electron chi connectivity index (χ1n) is 10.3. The molecule has 1 fully saturated rings. The van der Waals surface area contributed by atoms with Crippen LogP contribution in [-0.2, 0) is 0 Å². The molecule has 2 aromatic rings. The normalized spacial score (nSPS) is 21.5. The number of hydrogen-bond acceptors (Lipinski definition) is 7. The molecule has 1 saturated heterocycles. The molecule has 0 aliphatic carbocycles. The highest BCUT2D eigenvalue weighted by Gasteiger charge is 2.43. The molecule has 3 N–H and O–H groups in total. The van der Waals surface area contributed by atoms with Gasteiger partial charge in [0.15, 0.2) is 11.5 Å². The van der Waals surface area contributed by atoms with Crippen LogP contribution in [0.2, 0.25) is 0 Å². The highest BCUT2D eigenvalue weighted by atomic mass is 16.5. The molecule has 162 valence electrons. The monoisotopic (exact) mass is 415 g/mol. The second-order valence-corrected chi connectivity index (χ2v) is 8.16. The van der Waals surface area contributed by atoms with Crippen LogP contribution in [0.5, 0.6) is 23.0 Å². The molecule has 2 aromatic carbocycles. The van der Waals surface area contributed by atoms with Crippen molar-refractivity contribution < 1.29 is 29.5 Å². The number of hydrogen-bond donors (Lipinski definition) is 3. The van der Waals surface area contributed by atoms with Crippen LogP contribution >= 0.6 is 0 Å². The quantitative estimate of drug-likeness (QED) is 0.692. The Labute approximate surface area is 176 Å². The first kappa shape index (κ1) is 20.8. The SMILES string of the molecule is COc1ccc(C(O)CN2CCC3(CC2)CC(O)c2cc(O)ccc2O3)cc1OC. The van der Waals surface area contributed by atoms with Crippen molar-refractivity contribution in [3.8, 4) is 23.0 Å². The van der Waals surface area contributed by atoms with E-state index in [2.05, 4.69) is 4.90 Å². The number of phenols is 1. The molecule has 2 heterocycles. The smallest absolute Gasteiger partial charge is 0.161 e. The zero-order chi connectivity index (χ0) is 21.3. The fraction of sp³-hybridized carbons (Fsp3) is 0.478. The van der Waals surface area contributed by atoms with Crippen molar-refractivity contribution in [1.29, 1.82) is 0 Å². The zero-order valence-corrected chi connectivity index (χ0v) is 17.4. The number of aliphatic hydroxyl groups is 2. The number of fused-ring (bicyclic) bond motifs is 1. The lowest BCUT2D eigenvalue weighted by Crippen LogP contribution is -2.51. The standard InChI is InChI=1S/C23H29NO6/c1-28-21-5-3-15(11-22(21)29-2)19(27)14-24-9-7-23(8-10-24)13-18(26)17-12-16(25)4-6-20(17)30-23/h3-6,11-12,18-19,25-27H,7-10,13-14H2,1-2H3. The van der Waals surface area contributed by atoms with Gasteiger partial charge in [-0.2, -0.15) is 0 Å². The average Bonchev–Trinajstić information content (AvgIpc) is 2.75. The van der Waals surface area contributed by atoms with Gasteiger partial charge < -0.3 is 34.4 Å². The van der Waals surface area contributed by atoms with Crippen LogP contribution in [0.1, 0.15) is 42.6 Å². The molecule has 0 saturated carbocycles. The molecular formula is C23H29NO6. The van der Waals surface area contributed by atoms with Crippen LogP contribution in [0.25, 0.3) is 0 Å². The van der Waals surface area contributed by atoms with Gasteiger partial charge in [0.2, 0.25) is 0 Å². The number of methoxy groups -OCH3 is 2. The summed E-state index contributed by atoms with van der Waals surface area (Å²) in [6.45, 7) is 2.05. The fourth-order valence-corrected chi connectivity index (χ4v) is 4.49. The number of β-amino-alcohol motifs (C(OH)–C–C–N with tert-alkyl or cyclic N) is 1. The van der Waals surface area contributed by atoms with Crippen molar-refractivity contribution in [3.63, 3.8) is 0 Å². The summed E-state index contributed by atoms with van der Waals surface area (Å²) in [5.74, 6) is 2.01. The van der Waals surface area contributed by atoms with E-state index < -0.39 is 17.8 Å². The number of piperidine rings is 1. The molecule has 7 heteroatoms. The first-order chi connectivity index (χ1) is 14.4. The second kappa shape index (κ2) is 8.34. The minimum Gasteiger partial charge on any atom is -0.508 e. The lowest BCUT2D eigenvalue weighted by atomic mass is 9.81. The van der Waals surface area contributed by atoms with Gasteiger partial charge in [-0.15, -0.1) is 0 Å². The van der Waals surface area contributed by atoms with Crippen LogP contribution in [0.15, 0.2) is 36.4 Å². The van der Waals surface area contributed by atoms with E-state index >= 15 is 0 Å². The molecule has 4 rings (SSSR count). The van der Waals surface area contributed by atoms with Gasteiger partial charge in [-0.25, -0.2) is 0 Å². The van der Waals surface area contributed by atoms with E-state index in [1.54, 1.807) is 38.5 Å². The predicted octanol–water partition coefficient (Wildman–Crippen LogP) is 2.79. The summed E-state index contributed by atoms with van der Waals surface area (Å²) in [4.78, 5) is 2.22. The number of benzene rings is 2. The van der Waals surface area contributed by atoms with E-state index in [-0.39, 0.29) is 5.75 Å². The summed E-state index contributed by atoms with van der Waals surface area (Å²) in [7, 11) is 3.17. The van der Waals surface area contributed by atoms with Gasteiger partial charge >= 0.3 is 0 Å². The molecule has 2 atom stereocenters. The van der Waals surface area contributed by atoms with Crippen molar-refractivity contribution in [3.05, 3.63) is 47.5 Å². The predicted molar refractivity (Wildman–Crippen MR) is 111 cm³/mol. The van der Waals surface area contributed by atoms with Crippen LogP contribution < -0.4 is 14.2 Å². The Morgan fingerprint density at radius 3 is 2.53 bits per heavy atom. The molecule has 2 unspecified atom stereocenters. The third kappa shape index (κ3) is 4.05. The van der Waals surface area contributed by atoms with Crippen molar-refractivity contribution in [2.45, 2.75) is 37.1 Å². The molecule has 2 aliphatic heterocycles. The second-order valence-electron chi connectivity index (χ2n) is 8.16. The van der Waals surface area contributed by atoms with Gasteiger partial charge in [-0.05, 0) is 48.7 Å². The Balaban J connectivity index is 1.39. The first-order valence-corrected chi connectivity index (χ1v) is 10.3. The summed E-state index contributed by atoms with van der Waals surface area (Å²) in [5.41, 5.74) is 1.02. The lowest BCUT2D eigenvalue weighted by Gasteiger charge is -2.46. The van der Waals surface area contributed by atoms with E-state index in [0.717, 1.165) is 31.5 Å². The third-order valence-corrected chi connectivity index (χ3v) is 6.23. The minimum absolute atomic E-state index is 0.131. The Kier molecular flexibility index (Phi) is 5.77. The molecule has 0 aromatic heterocycles. The molecule has 0 amide bonds. The van der Waals surface area contributed by atoms with Gasteiger partial charge in [0.25, 0.3) is 0 Å². The van der Waals surface area contributed by atoms with Gasteiger partial charge in [0.1, 0.15) is 17.1 Å². The lowest BCUT2D eigenvalue weighted by molar-refractivity contribution is -0.0588. The number of phenolic OH excluding ortho intramolecular Hbond substituents is 1. The Bertz CT molecular complexity index is 893. The largest absolute Gasteiger partial charge is 0.508 e. The Morgan fingerprint density at radius 1 is 1.10 bits per heavy atom. The number of rotatable bonds is 5. The maximum atomic E-state index is 10.7. The van der Waals surface area contributed by atoms with Crippen molar-refractivity contribution in [2.75, 3.05) is 33.9 Å². The van der Waals surface area contributed by atoms with E-state index in [4.69, 9.17) is 14.2 Å². The number of ether oxygens (including phenoxy) is 3. The summed E-state index contributed by atoms with van der Waals surface area (Å²) in [6.07, 6.45) is 0.756. The number of nitrogens with zero attached hydrogens (tertiary/aromatic N) is 1. The average molecular weight is 415 g/mol. The van der Waals surface area contributed by atoms with Gasteiger partial charge in [0, 0.05) is 31.6 Å². The maximum absolute atomic E-state index is 10.7. The zero-order valence-electron chi connectivity index (χ0n) is 17.4. The van der Waals surface area contributed by atoms with Crippen LogP contribution in [0.4, 0.5) is 0 Å². The third-order valence-electron chi connectivity index (χ3n) is 6.23. The topological polar surface area (TPSA) is 91.6 Å². The Hall–Kier alpha value is -2.48. The maximum Gasteiger partial charge on any atom is 0.161 e. The van der Waals surface area contributed by atoms with Crippen LogP contribution in [-0.4, -0.2) is 59.7 Å². The molecule has 30 heavy (non-hydrogen) atoms. The van der Waals surface area contributed by atoms with E-state index in [1.807, 2.05) is 12.1 Å². The van der Waals surface area contributed by atoms with Gasteiger partial charge in [-0.3, -0.25) is 0 Å². The highest BCUT2D eigenvalue weighted by Crippen LogP contribution is 2.45. The fourth-order valence-electron chi connectivity index (χ4n) is 4.49. The molecule has 2 aliphatic rings. The highest BCUT2D eigenvalue weighted by molar-refractivity contribution is 5.44.